The molecule has 1 aromatic heterocycles. The highest BCUT2D eigenvalue weighted by molar-refractivity contribution is 5.87. The van der Waals surface area contributed by atoms with Crippen molar-refractivity contribution in [1.29, 1.82) is 0 Å². The second-order valence-electron chi connectivity index (χ2n) is 7.65. The van der Waals surface area contributed by atoms with E-state index in [4.69, 9.17) is 9.47 Å². The van der Waals surface area contributed by atoms with E-state index in [1.807, 2.05) is 44.2 Å². The molecule has 1 amide bonds. The molecule has 3 atom stereocenters. The van der Waals surface area contributed by atoms with Crippen molar-refractivity contribution in [2.24, 2.45) is 5.92 Å². The Morgan fingerprint density at radius 2 is 2.00 bits per heavy atom. The van der Waals surface area contributed by atoms with E-state index in [-0.39, 0.29) is 24.5 Å². The van der Waals surface area contributed by atoms with Crippen molar-refractivity contribution < 1.29 is 19.1 Å². The van der Waals surface area contributed by atoms with Crippen LogP contribution in [0.1, 0.15) is 56.1 Å². The van der Waals surface area contributed by atoms with Crippen molar-refractivity contribution in [3.05, 3.63) is 47.3 Å². The molecule has 0 unspecified atom stereocenters. The predicted molar refractivity (Wildman–Crippen MR) is 113 cm³/mol. The third-order valence-electron chi connectivity index (χ3n) is 5.64. The molecule has 1 N–H and O–H groups in total. The van der Waals surface area contributed by atoms with Crippen molar-refractivity contribution >= 4 is 11.9 Å². The van der Waals surface area contributed by atoms with Gasteiger partial charge < -0.3 is 14.8 Å². The zero-order valence-electron chi connectivity index (χ0n) is 18.2. The van der Waals surface area contributed by atoms with E-state index in [2.05, 4.69) is 17.3 Å². The number of nitrogens with one attached hydrogen (secondary N) is 1. The number of para-hydroxylation sites is 1. The second-order valence-corrected chi connectivity index (χ2v) is 7.65. The van der Waals surface area contributed by atoms with Gasteiger partial charge in [0.25, 0.3) is 0 Å². The highest BCUT2D eigenvalue weighted by Gasteiger charge is 2.34. The smallest absolute Gasteiger partial charge is 0.333 e. The van der Waals surface area contributed by atoms with Crippen molar-refractivity contribution in [2.75, 3.05) is 13.2 Å². The molecule has 162 valence electrons. The second kappa shape index (κ2) is 9.89. The molecular formula is C23H31N3O4. The largest absolute Gasteiger partial charge is 0.464 e. The molecule has 2 heterocycles. The summed E-state index contributed by atoms with van der Waals surface area (Å²) in [7, 11) is 0. The molecule has 1 saturated heterocycles. The first-order chi connectivity index (χ1) is 14.5. The van der Waals surface area contributed by atoms with E-state index in [1.165, 1.54) is 0 Å². The molecule has 0 spiro atoms. The van der Waals surface area contributed by atoms with Crippen LogP contribution in [-0.4, -0.2) is 41.0 Å². The molecular weight excluding hydrogens is 382 g/mol. The van der Waals surface area contributed by atoms with E-state index in [1.54, 1.807) is 11.6 Å². The summed E-state index contributed by atoms with van der Waals surface area (Å²) in [5.41, 5.74) is 3.07. The van der Waals surface area contributed by atoms with Crippen molar-refractivity contribution in [3.8, 4) is 5.69 Å². The van der Waals surface area contributed by atoms with Crippen LogP contribution >= 0.6 is 0 Å². The van der Waals surface area contributed by atoms with Gasteiger partial charge in [-0.3, -0.25) is 4.79 Å². The van der Waals surface area contributed by atoms with Gasteiger partial charge in [-0.15, -0.1) is 0 Å². The molecule has 3 rings (SSSR count). The Kier molecular flexibility index (Phi) is 7.26. The van der Waals surface area contributed by atoms with Gasteiger partial charge in [-0.05, 0) is 52.2 Å². The third-order valence-corrected chi connectivity index (χ3v) is 5.64. The number of benzene rings is 1. The standard InChI is InChI=1S/C23H31N3O4/c1-5-19-14-17(12-13-30-19)22(27)24-21(23(28)29-6-2)20-15(3)25-26(16(20)4)18-10-8-7-9-11-18/h7-11,17,19,21H,5-6,12-14H2,1-4H3,(H,24,27)/t17-,19-,21+/m0/s1. The number of carbonyl (C=O) groups excluding carboxylic acids is 2. The van der Waals surface area contributed by atoms with Gasteiger partial charge in [-0.1, -0.05) is 25.1 Å². The van der Waals surface area contributed by atoms with Crippen molar-refractivity contribution in [3.63, 3.8) is 0 Å². The van der Waals surface area contributed by atoms with Gasteiger partial charge >= 0.3 is 5.97 Å². The first-order valence-corrected chi connectivity index (χ1v) is 10.7. The lowest BCUT2D eigenvalue weighted by Crippen LogP contribution is -2.42. The van der Waals surface area contributed by atoms with Gasteiger partial charge in [0, 0.05) is 23.8 Å². The lowest BCUT2D eigenvalue weighted by molar-refractivity contribution is -0.148. The third kappa shape index (κ3) is 4.73. The van der Waals surface area contributed by atoms with Gasteiger partial charge in [0.05, 0.1) is 24.1 Å². The number of ether oxygens (including phenoxy) is 2. The number of rotatable bonds is 7. The van der Waals surface area contributed by atoms with Crippen LogP contribution in [0.2, 0.25) is 0 Å². The molecule has 0 aliphatic carbocycles. The fraction of sp³-hybridized carbons (Fsp3) is 0.522. The van der Waals surface area contributed by atoms with E-state index in [0.717, 1.165) is 17.8 Å². The van der Waals surface area contributed by atoms with Gasteiger partial charge in [0.1, 0.15) is 0 Å². The Hall–Kier alpha value is -2.67. The maximum Gasteiger partial charge on any atom is 0.333 e. The molecule has 1 aliphatic rings. The van der Waals surface area contributed by atoms with Crippen LogP contribution < -0.4 is 5.32 Å². The van der Waals surface area contributed by atoms with E-state index >= 15 is 0 Å². The minimum Gasteiger partial charge on any atom is -0.464 e. The molecule has 7 heteroatoms. The normalized spacial score (nSPS) is 19.9. The van der Waals surface area contributed by atoms with Crippen molar-refractivity contribution in [2.45, 2.75) is 59.1 Å². The minimum absolute atomic E-state index is 0.0832. The summed E-state index contributed by atoms with van der Waals surface area (Å²) in [4.78, 5) is 25.9. The number of aromatic nitrogens is 2. The fourth-order valence-corrected chi connectivity index (χ4v) is 4.03. The molecule has 30 heavy (non-hydrogen) atoms. The Bertz CT molecular complexity index is 878. The number of esters is 1. The molecule has 2 aromatic rings. The molecule has 0 radical (unpaired) electrons. The van der Waals surface area contributed by atoms with Gasteiger partial charge in [-0.2, -0.15) is 5.10 Å². The molecule has 1 aliphatic heterocycles. The maximum atomic E-state index is 13.0. The van der Waals surface area contributed by atoms with Crippen LogP contribution in [0, 0.1) is 19.8 Å². The lowest BCUT2D eigenvalue weighted by Gasteiger charge is -2.29. The number of carbonyl (C=O) groups is 2. The van der Waals surface area contributed by atoms with Crippen LogP contribution in [0.5, 0.6) is 0 Å². The zero-order valence-corrected chi connectivity index (χ0v) is 18.2. The molecule has 7 nitrogen and oxygen atoms in total. The SMILES string of the molecule is CCOC(=O)[C@H](NC(=O)[C@H]1CCO[C@@H](CC)C1)c1c(C)nn(-c2ccccc2)c1C. The monoisotopic (exact) mass is 413 g/mol. The van der Waals surface area contributed by atoms with E-state index in [9.17, 15) is 9.59 Å². The number of aryl methyl sites for hydroxylation is 1. The Morgan fingerprint density at radius 3 is 2.67 bits per heavy atom. The summed E-state index contributed by atoms with van der Waals surface area (Å²) >= 11 is 0. The molecule has 1 fully saturated rings. The molecule has 0 bridgehead atoms. The average Bonchev–Trinajstić information content (AvgIpc) is 3.06. The van der Waals surface area contributed by atoms with Crippen LogP contribution in [0.3, 0.4) is 0 Å². The predicted octanol–water partition coefficient (Wildman–Crippen LogP) is 3.41. The Labute approximate surface area is 177 Å². The number of hydrogen-bond donors (Lipinski definition) is 1. The summed E-state index contributed by atoms with van der Waals surface area (Å²) < 4.78 is 12.8. The van der Waals surface area contributed by atoms with Crippen LogP contribution in [0.4, 0.5) is 0 Å². The van der Waals surface area contributed by atoms with Crippen LogP contribution in [0.25, 0.3) is 5.69 Å². The lowest BCUT2D eigenvalue weighted by atomic mass is 9.92. The van der Waals surface area contributed by atoms with Gasteiger partial charge in [-0.25, -0.2) is 9.48 Å². The number of hydrogen-bond acceptors (Lipinski definition) is 5. The maximum absolute atomic E-state index is 13.0. The van der Waals surface area contributed by atoms with E-state index < -0.39 is 12.0 Å². The van der Waals surface area contributed by atoms with E-state index in [0.29, 0.717) is 30.7 Å². The highest BCUT2D eigenvalue weighted by atomic mass is 16.5. The first kappa shape index (κ1) is 22.0. The summed E-state index contributed by atoms with van der Waals surface area (Å²) in [6, 6.07) is 8.83. The van der Waals surface area contributed by atoms with Gasteiger partial charge in [0.15, 0.2) is 6.04 Å². The number of nitrogens with zero attached hydrogens (tertiary/aromatic N) is 2. The highest BCUT2D eigenvalue weighted by Crippen LogP contribution is 2.28. The average molecular weight is 414 g/mol. The quantitative estimate of drug-likeness (QED) is 0.704. The summed E-state index contributed by atoms with van der Waals surface area (Å²) in [5.74, 6) is -0.782. The summed E-state index contributed by atoms with van der Waals surface area (Å²) in [5, 5.41) is 7.58. The fourth-order valence-electron chi connectivity index (χ4n) is 4.03. The Morgan fingerprint density at radius 1 is 1.27 bits per heavy atom. The minimum atomic E-state index is -0.891. The molecule has 1 aromatic carbocycles. The summed E-state index contributed by atoms with van der Waals surface area (Å²) in [6.07, 6.45) is 2.27. The molecule has 0 saturated carbocycles. The van der Waals surface area contributed by atoms with Crippen LogP contribution in [0.15, 0.2) is 30.3 Å². The Balaban J connectivity index is 1.90. The summed E-state index contributed by atoms with van der Waals surface area (Å²) in [6.45, 7) is 8.37. The zero-order chi connectivity index (χ0) is 21.7. The van der Waals surface area contributed by atoms with Crippen LogP contribution in [-0.2, 0) is 19.1 Å². The van der Waals surface area contributed by atoms with Crippen molar-refractivity contribution in [1.82, 2.24) is 15.1 Å². The topological polar surface area (TPSA) is 82.4 Å². The van der Waals surface area contributed by atoms with Gasteiger partial charge in [0.2, 0.25) is 5.91 Å². The number of amides is 1. The first-order valence-electron chi connectivity index (χ1n) is 10.7.